The molecule has 0 bridgehead atoms. The number of hydrogen-bond donors (Lipinski definition) is 4. The third kappa shape index (κ3) is 4.60. The smallest absolute Gasteiger partial charge is 0.340 e. The molecule has 0 aromatic heterocycles. The van der Waals surface area contributed by atoms with Crippen LogP contribution in [0.3, 0.4) is 0 Å². The first-order chi connectivity index (χ1) is 16.5. The first-order valence-electron chi connectivity index (χ1n) is 9.71. The number of hydrazine groups is 1. The Balaban J connectivity index is 2.16. The molecule has 0 fully saturated rings. The van der Waals surface area contributed by atoms with Crippen molar-refractivity contribution in [2.45, 2.75) is 16.2 Å². The molecule has 3 aromatic carbocycles. The van der Waals surface area contributed by atoms with Gasteiger partial charge < -0.3 is 16.3 Å². The summed E-state index contributed by atoms with van der Waals surface area (Å²) in [4.78, 5) is 11.7. The average Bonchev–Trinajstić information content (AvgIpc) is 2.84. The minimum absolute atomic E-state index is 0.0124. The van der Waals surface area contributed by atoms with Gasteiger partial charge in [0.25, 0.3) is 0 Å². The van der Waals surface area contributed by atoms with E-state index in [1.807, 2.05) is 0 Å². The predicted octanol–water partition coefficient (Wildman–Crippen LogP) is 2.79. The monoisotopic (exact) mass is 510 g/mol. The molecule has 13 heteroatoms. The Morgan fingerprint density at radius 3 is 2.14 bits per heavy atom. The van der Waals surface area contributed by atoms with Gasteiger partial charge in [0.15, 0.2) is 23.3 Å². The van der Waals surface area contributed by atoms with E-state index in [9.17, 15) is 35.9 Å². The molecular weight excluding hydrogens is 492 g/mol. The summed E-state index contributed by atoms with van der Waals surface area (Å²) in [5.74, 6) is -4.77. The highest BCUT2D eigenvalue weighted by molar-refractivity contribution is 7.93. The number of nitrogens with two attached hydrogens (primary N) is 2. The fraction of sp³-hybridized carbons (Fsp3) is 0.0909. The maximum Gasteiger partial charge on any atom is 0.340 e. The van der Waals surface area contributed by atoms with Gasteiger partial charge in [-0.2, -0.15) is 0 Å². The zero-order valence-electron chi connectivity index (χ0n) is 17.7. The van der Waals surface area contributed by atoms with E-state index in [1.165, 1.54) is 42.5 Å². The van der Waals surface area contributed by atoms with Crippen LogP contribution < -0.4 is 17.0 Å². The molecule has 0 saturated carbocycles. The van der Waals surface area contributed by atoms with Crippen molar-refractivity contribution in [3.8, 4) is 11.1 Å². The van der Waals surface area contributed by atoms with Crippen LogP contribution in [0.4, 0.5) is 23.2 Å². The van der Waals surface area contributed by atoms with Gasteiger partial charge in [-0.15, -0.1) is 0 Å². The lowest BCUT2D eigenvalue weighted by atomic mass is 9.97. The molecule has 0 aliphatic heterocycles. The molecule has 8 nitrogen and oxygen atoms in total. The summed E-state index contributed by atoms with van der Waals surface area (Å²) < 4.78 is 85.8. The SMILES string of the molecule is NNC=Nc1cccc(S(=O)(=O)C(N)(Cc2c(F)c(F)c(-c3ccccc3)c(F)c2F)C(=O)O)c1. The van der Waals surface area contributed by atoms with Crippen LogP contribution >= 0.6 is 0 Å². The highest BCUT2D eigenvalue weighted by atomic mass is 32.2. The largest absolute Gasteiger partial charge is 0.479 e. The number of nitrogens with one attached hydrogen (secondary N) is 1. The Labute approximate surface area is 196 Å². The normalized spacial score (nSPS) is 13.5. The van der Waals surface area contributed by atoms with Crippen molar-refractivity contribution in [1.82, 2.24) is 5.43 Å². The molecule has 0 saturated heterocycles. The van der Waals surface area contributed by atoms with Gasteiger partial charge in [-0.3, -0.25) is 0 Å². The molecule has 0 radical (unpaired) electrons. The topological polar surface area (TPSA) is 148 Å². The highest BCUT2D eigenvalue weighted by Gasteiger charge is 2.50. The van der Waals surface area contributed by atoms with Crippen LogP contribution in [0.5, 0.6) is 0 Å². The van der Waals surface area contributed by atoms with E-state index in [0.29, 0.717) is 0 Å². The van der Waals surface area contributed by atoms with Gasteiger partial charge in [-0.25, -0.2) is 41.6 Å². The molecule has 1 unspecified atom stereocenters. The molecule has 35 heavy (non-hydrogen) atoms. The second kappa shape index (κ2) is 9.82. The molecule has 0 spiro atoms. The lowest BCUT2D eigenvalue weighted by Gasteiger charge is -2.26. The second-order valence-corrected chi connectivity index (χ2v) is 9.48. The van der Waals surface area contributed by atoms with Crippen LogP contribution in [0.1, 0.15) is 5.56 Å². The van der Waals surface area contributed by atoms with E-state index in [2.05, 4.69) is 10.4 Å². The Kier molecular flexibility index (Phi) is 7.24. The van der Waals surface area contributed by atoms with Crippen molar-refractivity contribution in [3.63, 3.8) is 0 Å². The van der Waals surface area contributed by atoms with Crippen molar-refractivity contribution >= 4 is 27.8 Å². The first kappa shape index (κ1) is 25.8. The number of sulfone groups is 1. The van der Waals surface area contributed by atoms with Crippen molar-refractivity contribution in [2.24, 2.45) is 16.6 Å². The van der Waals surface area contributed by atoms with E-state index in [0.717, 1.165) is 18.5 Å². The number of benzene rings is 3. The highest BCUT2D eigenvalue weighted by Crippen LogP contribution is 2.35. The number of aliphatic carboxylic acids is 1. The predicted molar refractivity (Wildman–Crippen MR) is 119 cm³/mol. The number of hydrogen-bond acceptors (Lipinski definition) is 6. The van der Waals surface area contributed by atoms with Gasteiger partial charge in [-0.1, -0.05) is 36.4 Å². The molecule has 3 aromatic rings. The quantitative estimate of drug-likeness (QED) is 0.0910. The van der Waals surface area contributed by atoms with Crippen molar-refractivity contribution in [3.05, 3.63) is 83.4 Å². The minimum Gasteiger partial charge on any atom is -0.479 e. The van der Waals surface area contributed by atoms with Crippen LogP contribution in [0.15, 0.2) is 64.5 Å². The zero-order valence-corrected chi connectivity index (χ0v) is 18.5. The molecule has 0 amide bonds. The maximum atomic E-state index is 14.9. The Bertz CT molecular complexity index is 1390. The lowest BCUT2D eigenvalue weighted by molar-refractivity contribution is -0.140. The summed E-state index contributed by atoms with van der Waals surface area (Å²) in [6.45, 7) is 0. The summed E-state index contributed by atoms with van der Waals surface area (Å²) in [5.41, 5.74) is 5.07. The number of halogens is 4. The first-order valence-corrected chi connectivity index (χ1v) is 11.2. The van der Waals surface area contributed by atoms with E-state index in [4.69, 9.17) is 11.6 Å². The summed E-state index contributed by atoms with van der Waals surface area (Å²) >= 11 is 0. The van der Waals surface area contributed by atoms with Gasteiger partial charge >= 0.3 is 5.97 Å². The van der Waals surface area contributed by atoms with Crippen LogP contribution in [0.25, 0.3) is 11.1 Å². The minimum atomic E-state index is -5.09. The number of aliphatic imine (C=N–C) groups is 1. The summed E-state index contributed by atoms with van der Waals surface area (Å²) in [6.07, 6.45) is -0.619. The van der Waals surface area contributed by atoms with E-state index >= 15 is 0 Å². The van der Waals surface area contributed by atoms with Crippen molar-refractivity contribution in [2.75, 3.05) is 0 Å². The van der Waals surface area contributed by atoms with E-state index in [1.54, 1.807) is 0 Å². The number of carbonyl (C=O) groups is 1. The molecule has 6 N–H and O–H groups in total. The fourth-order valence-corrected chi connectivity index (χ4v) is 4.81. The second-order valence-electron chi connectivity index (χ2n) is 7.27. The molecular formula is C22H18F4N4O4S. The summed E-state index contributed by atoms with van der Waals surface area (Å²) in [5, 5.41) is 9.66. The Morgan fingerprint density at radius 2 is 1.60 bits per heavy atom. The molecule has 0 aliphatic rings. The summed E-state index contributed by atoms with van der Waals surface area (Å²) in [6, 6.07) is 11.1. The van der Waals surface area contributed by atoms with Gasteiger partial charge in [-0.05, 0) is 23.8 Å². The molecule has 0 heterocycles. The molecule has 3 rings (SSSR count). The van der Waals surface area contributed by atoms with Gasteiger partial charge in [0.1, 0.15) is 6.34 Å². The number of carboxylic acid groups (broad SMARTS) is 1. The lowest BCUT2D eigenvalue weighted by Crippen LogP contribution is -2.56. The third-order valence-electron chi connectivity index (χ3n) is 5.11. The standard InChI is InChI=1S/C22H18F4N4O4S/c23-17-15(18(24)20(26)16(19(17)25)12-5-2-1-3-6-12)10-22(27,21(31)32)35(33,34)14-8-4-7-13(9-14)29-11-30-28/h1-9,11H,10,27-28H2,(H,29,30)(H,31,32). The number of nitrogens with zero attached hydrogens (tertiary/aromatic N) is 1. The van der Waals surface area contributed by atoms with Gasteiger partial charge in [0, 0.05) is 12.0 Å². The summed E-state index contributed by atoms with van der Waals surface area (Å²) in [7, 11) is -5.09. The van der Waals surface area contributed by atoms with Gasteiger partial charge in [0.2, 0.25) is 14.7 Å². The van der Waals surface area contributed by atoms with E-state index < -0.39 is 66.4 Å². The third-order valence-corrected chi connectivity index (χ3v) is 7.27. The van der Waals surface area contributed by atoms with Gasteiger partial charge in [0.05, 0.1) is 16.1 Å². The Hall–Kier alpha value is -3.81. The Morgan fingerprint density at radius 1 is 1.00 bits per heavy atom. The number of carboxylic acids is 1. The molecule has 184 valence electrons. The molecule has 1 atom stereocenters. The van der Waals surface area contributed by atoms with Crippen LogP contribution in [-0.4, -0.2) is 30.7 Å². The zero-order chi connectivity index (χ0) is 26.0. The fourth-order valence-electron chi connectivity index (χ4n) is 3.29. The number of rotatable bonds is 8. The van der Waals surface area contributed by atoms with E-state index in [-0.39, 0.29) is 11.3 Å². The van der Waals surface area contributed by atoms with Crippen molar-refractivity contribution in [1.29, 1.82) is 0 Å². The molecule has 0 aliphatic carbocycles. The average molecular weight is 510 g/mol. The van der Waals surface area contributed by atoms with Crippen LogP contribution in [-0.2, 0) is 21.1 Å². The van der Waals surface area contributed by atoms with Crippen LogP contribution in [0, 0.1) is 23.3 Å². The van der Waals surface area contributed by atoms with Crippen LogP contribution in [0.2, 0.25) is 0 Å². The van der Waals surface area contributed by atoms with Crippen molar-refractivity contribution < 1.29 is 35.9 Å². The maximum absolute atomic E-state index is 14.9.